The molecule has 0 aromatic heterocycles. The van der Waals surface area contributed by atoms with Crippen LogP contribution in [-0.2, 0) is 5.72 Å². The molecule has 0 bridgehead atoms. The van der Waals surface area contributed by atoms with Crippen molar-refractivity contribution in [3.8, 4) is 16.9 Å². The summed E-state index contributed by atoms with van der Waals surface area (Å²) in [5.74, 6) is 2.10. The first kappa shape index (κ1) is 20.8. The van der Waals surface area contributed by atoms with Gasteiger partial charge in [-0.15, -0.1) is 0 Å². The van der Waals surface area contributed by atoms with Crippen LogP contribution in [0.4, 0.5) is 5.69 Å². The summed E-state index contributed by atoms with van der Waals surface area (Å²) >= 11 is 0. The first-order valence-electron chi connectivity index (χ1n) is 11.7. The zero-order valence-electron chi connectivity index (χ0n) is 18.7. The SMILES string of the molecule is CCOc1ccc(N2C[C@](O)(c3ccc(-c4ccccc4)cc3)[N+]3=C2CCCCC3)cc1. The topological polar surface area (TPSA) is 35.7 Å². The van der Waals surface area contributed by atoms with Crippen LogP contribution in [0.25, 0.3) is 11.1 Å². The van der Waals surface area contributed by atoms with E-state index < -0.39 is 5.72 Å². The van der Waals surface area contributed by atoms with Crippen molar-refractivity contribution in [3.05, 3.63) is 84.4 Å². The lowest BCUT2D eigenvalue weighted by Crippen LogP contribution is -2.41. The van der Waals surface area contributed by atoms with Crippen LogP contribution in [0.2, 0.25) is 0 Å². The van der Waals surface area contributed by atoms with Crippen LogP contribution < -0.4 is 9.64 Å². The van der Waals surface area contributed by atoms with Gasteiger partial charge in [0.15, 0.2) is 6.54 Å². The average molecular weight is 428 g/mol. The molecule has 2 heterocycles. The molecule has 4 heteroatoms. The van der Waals surface area contributed by atoms with E-state index in [0.717, 1.165) is 42.8 Å². The molecule has 2 aliphatic heterocycles. The van der Waals surface area contributed by atoms with E-state index >= 15 is 0 Å². The summed E-state index contributed by atoms with van der Waals surface area (Å²) in [6, 6.07) is 27.1. The minimum atomic E-state index is -1.03. The van der Waals surface area contributed by atoms with Gasteiger partial charge in [-0.05, 0) is 61.6 Å². The average Bonchev–Trinajstić information content (AvgIpc) is 2.98. The predicted molar refractivity (Wildman–Crippen MR) is 129 cm³/mol. The van der Waals surface area contributed by atoms with Crippen molar-refractivity contribution in [1.82, 2.24) is 0 Å². The number of anilines is 1. The van der Waals surface area contributed by atoms with Crippen LogP contribution in [0.15, 0.2) is 78.9 Å². The third kappa shape index (κ3) is 3.80. The van der Waals surface area contributed by atoms with Crippen LogP contribution >= 0.6 is 0 Å². The van der Waals surface area contributed by atoms with Crippen molar-refractivity contribution >= 4 is 11.5 Å². The third-order valence-corrected chi connectivity index (χ3v) is 6.64. The summed E-state index contributed by atoms with van der Waals surface area (Å²) in [7, 11) is 0. The molecule has 0 radical (unpaired) electrons. The fourth-order valence-electron chi connectivity index (χ4n) is 5.01. The number of nitrogens with zero attached hydrogens (tertiary/aromatic N) is 2. The van der Waals surface area contributed by atoms with Crippen molar-refractivity contribution < 1.29 is 14.4 Å². The molecule has 0 unspecified atom stereocenters. The molecule has 32 heavy (non-hydrogen) atoms. The molecule has 5 rings (SSSR count). The zero-order chi connectivity index (χ0) is 22.0. The van der Waals surface area contributed by atoms with Gasteiger partial charge < -0.3 is 9.84 Å². The smallest absolute Gasteiger partial charge is 0.271 e. The summed E-state index contributed by atoms with van der Waals surface area (Å²) in [5, 5.41) is 12.1. The normalized spacial score (nSPS) is 20.8. The first-order chi connectivity index (χ1) is 15.7. The van der Waals surface area contributed by atoms with E-state index in [-0.39, 0.29) is 0 Å². The van der Waals surface area contributed by atoms with E-state index in [1.165, 1.54) is 23.4 Å². The number of benzene rings is 3. The molecule has 4 nitrogen and oxygen atoms in total. The van der Waals surface area contributed by atoms with Gasteiger partial charge in [-0.25, -0.2) is 9.48 Å². The minimum Gasteiger partial charge on any atom is -0.494 e. The van der Waals surface area contributed by atoms with E-state index in [0.29, 0.717) is 13.2 Å². The van der Waals surface area contributed by atoms with Gasteiger partial charge in [0, 0.05) is 12.0 Å². The summed E-state index contributed by atoms with van der Waals surface area (Å²) in [6.07, 6.45) is 4.44. The second-order valence-corrected chi connectivity index (χ2v) is 8.65. The molecule has 3 aromatic carbocycles. The molecule has 3 aromatic rings. The van der Waals surface area contributed by atoms with E-state index in [1.54, 1.807) is 0 Å². The number of ether oxygens (including phenoxy) is 1. The maximum absolute atomic E-state index is 12.1. The number of hydrogen-bond acceptors (Lipinski definition) is 3. The van der Waals surface area contributed by atoms with Gasteiger partial charge in [0.25, 0.3) is 11.6 Å². The van der Waals surface area contributed by atoms with Gasteiger partial charge >= 0.3 is 0 Å². The first-order valence-corrected chi connectivity index (χ1v) is 11.7. The summed E-state index contributed by atoms with van der Waals surface area (Å²) in [6.45, 7) is 4.06. The third-order valence-electron chi connectivity index (χ3n) is 6.64. The predicted octanol–water partition coefficient (Wildman–Crippen LogP) is 5.40. The lowest BCUT2D eigenvalue weighted by Gasteiger charge is -2.24. The Kier molecular flexibility index (Phi) is 5.71. The fourth-order valence-corrected chi connectivity index (χ4v) is 5.01. The molecule has 0 aliphatic carbocycles. The lowest BCUT2D eigenvalue weighted by molar-refractivity contribution is -0.658. The van der Waals surface area contributed by atoms with Gasteiger partial charge in [0.2, 0.25) is 0 Å². The second kappa shape index (κ2) is 8.79. The number of β-amino-alcohol motifs (C(OH)–C–C–N with tert-alkyl or cyclic N) is 1. The number of rotatable bonds is 5. The Morgan fingerprint density at radius 3 is 2.31 bits per heavy atom. The molecule has 1 atom stereocenters. The summed E-state index contributed by atoms with van der Waals surface area (Å²) in [5.41, 5.74) is 3.38. The van der Waals surface area contributed by atoms with Gasteiger partial charge in [0.1, 0.15) is 11.4 Å². The highest BCUT2D eigenvalue weighted by atomic mass is 16.5. The Bertz CT molecular complexity index is 1090. The van der Waals surface area contributed by atoms with E-state index in [4.69, 9.17) is 4.74 Å². The highest BCUT2D eigenvalue weighted by Crippen LogP contribution is 2.36. The molecule has 0 saturated heterocycles. The van der Waals surface area contributed by atoms with E-state index in [2.05, 4.69) is 70.1 Å². The Balaban J connectivity index is 1.49. The van der Waals surface area contributed by atoms with Crippen LogP contribution in [0.1, 0.15) is 38.2 Å². The monoisotopic (exact) mass is 427 g/mol. The highest BCUT2D eigenvalue weighted by molar-refractivity contribution is 5.96. The molecule has 0 spiro atoms. The van der Waals surface area contributed by atoms with Crippen molar-refractivity contribution in [2.24, 2.45) is 0 Å². The maximum atomic E-state index is 12.1. The zero-order valence-corrected chi connectivity index (χ0v) is 18.7. The fraction of sp³-hybridized carbons (Fsp3) is 0.321. The van der Waals surface area contributed by atoms with Crippen molar-refractivity contribution in [3.63, 3.8) is 0 Å². The van der Waals surface area contributed by atoms with Crippen molar-refractivity contribution in [1.29, 1.82) is 0 Å². The summed E-state index contributed by atoms with van der Waals surface area (Å²) in [4.78, 5) is 2.30. The van der Waals surface area contributed by atoms with Gasteiger partial charge in [-0.2, -0.15) is 0 Å². The standard InChI is InChI=1S/C28H31N2O2/c1-2-32-26-18-16-25(17-19-26)29-21-28(31,30-20-8-4-7-11-27(29)30)24-14-12-23(13-15-24)22-9-5-3-6-10-22/h3,5-6,9-10,12-19,31H,2,4,7-8,11,20-21H2,1H3/q+1/t28-/m0/s1. The molecule has 0 amide bonds. The van der Waals surface area contributed by atoms with E-state index in [9.17, 15) is 5.11 Å². The molecule has 0 fully saturated rings. The highest BCUT2D eigenvalue weighted by Gasteiger charge is 2.51. The van der Waals surface area contributed by atoms with Crippen LogP contribution in [0.3, 0.4) is 0 Å². The van der Waals surface area contributed by atoms with E-state index in [1.807, 2.05) is 25.1 Å². The van der Waals surface area contributed by atoms with Crippen LogP contribution in [0, 0.1) is 0 Å². The number of amidine groups is 1. The molecule has 1 N–H and O–H groups in total. The molecule has 0 saturated carbocycles. The Hall–Kier alpha value is -3.11. The van der Waals surface area contributed by atoms with Crippen LogP contribution in [0.5, 0.6) is 5.75 Å². The largest absolute Gasteiger partial charge is 0.494 e. The molecular formula is C28H31N2O2+. The number of aliphatic hydroxyl groups is 1. The van der Waals surface area contributed by atoms with Gasteiger partial charge in [-0.3, -0.25) is 0 Å². The van der Waals surface area contributed by atoms with Crippen molar-refractivity contribution in [2.75, 3.05) is 24.6 Å². The van der Waals surface area contributed by atoms with Gasteiger partial charge in [0.05, 0.1) is 13.2 Å². The Morgan fingerprint density at radius 1 is 0.875 bits per heavy atom. The molecular weight excluding hydrogens is 396 g/mol. The van der Waals surface area contributed by atoms with Crippen molar-refractivity contribution in [2.45, 2.75) is 38.3 Å². The quantitative estimate of drug-likeness (QED) is 0.554. The minimum absolute atomic E-state index is 0.529. The lowest BCUT2D eigenvalue weighted by atomic mass is 9.98. The Morgan fingerprint density at radius 2 is 1.59 bits per heavy atom. The Labute approximate surface area is 190 Å². The molecule has 2 aliphatic rings. The maximum Gasteiger partial charge on any atom is 0.271 e. The van der Waals surface area contributed by atoms with Gasteiger partial charge in [-0.1, -0.05) is 54.6 Å². The second-order valence-electron chi connectivity index (χ2n) is 8.65. The van der Waals surface area contributed by atoms with Crippen LogP contribution in [-0.4, -0.2) is 35.2 Å². The number of hydrogen-bond donors (Lipinski definition) is 1. The molecule has 164 valence electrons. The summed E-state index contributed by atoms with van der Waals surface area (Å²) < 4.78 is 7.87.